The molecule has 90 valence electrons. The Bertz CT molecular complexity index is 304. The van der Waals surface area contributed by atoms with E-state index in [0.717, 1.165) is 31.1 Å². The first-order chi connectivity index (χ1) is 7.74. The fourth-order valence-electron chi connectivity index (χ4n) is 1.44. The standard InChI is InChI=1S/C13H21NOS/c1-11-5-3-4-6-13(11)15-9-10-16-12(2)7-8-14/h3-6,12H,7-10,14H2,1-2H3. The smallest absolute Gasteiger partial charge is 0.122 e. The Morgan fingerprint density at radius 2 is 2.12 bits per heavy atom. The first-order valence-corrected chi connectivity index (χ1v) is 6.79. The summed E-state index contributed by atoms with van der Waals surface area (Å²) in [4.78, 5) is 0. The second-order valence-corrected chi connectivity index (χ2v) is 5.42. The molecule has 1 aromatic rings. The first-order valence-electron chi connectivity index (χ1n) is 5.74. The number of hydrogen-bond donors (Lipinski definition) is 1. The van der Waals surface area contributed by atoms with Crippen LogP contribution >= 0.6 is 11.8 Å². The van der Waals surface area contributed by atoms with E-state index in [9.17, 15) is 0 Å². The summed E-state index contributed by atoms with van der Waals surface area (Å²) in [6, 6.07) is 8.12. The van der Waals surface area contributed by atoms with Crippen LogP contribution in [-0.4, -0.2) is 24.2 Å². The van der Waals surface area contributed by atoms with Crippen molar-refractivity contribution in [1.29, 1.82) is 0 Å². The van der Waals surface area contributed by atoms with Gasteiger partial charge in [-0.05, 0) is 31.5 Å². The van der Waals surface area contributed by atoms with Crippen molar-refractivity contribution in [2.24, 2.45) is 5.73 Å². The van der Waals surface area contributed by atoms with Gasteiger partial charge in [-0.25, -0.2) is 0 Å². The van der Waals surface area contributed by atoms with Gasteiger partial charge >= 0.3 is 0 Å². The van der Waals surface area contributed by atoms with Gasteiger partial charge in [0.1, 0.15) is 5.75 Å². The third-order valence-corrected chi connectivity index (χ3v) is 3.62. The molecule has 1 rings (SSSR count). The highest BCUT2D eigenvalue weighted by Crippen LogP contribution is 2.17. The molecule has 1 aromatic carbocycles. The third-order valence-electron chi connectivity index (χ3n) is 2.41. The van der Waals surface area contributed by atoms with Gasteiger partial charge in [-0.1, -0.05) is 25.1 Å². The van der Waals surface area contributed by atoms with Crippen LogP contribution in [0.1, 0.15) is 18.9 Å². The molecule has 1 unspecified atom stereocenters. The van der Waals surface area contributed by atoms with Gasteiger partial charge in [0.15, 0.2) is 0 Å². The molecule has 0 fully saturated rings. The Balaban J connectivity index is 2.19. The Kier molecular flexibility index (Phi) is 6.34. The molecule has 2 nitrogen and oxygen atoms in total. The van der Waals surface area contributed by atoms with Crippen molar-refractivity contribution in [3.8, 4) is 5.75 Å². The summed E-state index contributed by atoms with van der Waals surface area (Å²) in [6.45, 7) is 5.82. The number of para-hydroxylation sites is 1. The number of ether oxygens (including phenoxy) is 1. The zero-order chi connectivity index (χ0) is 11.8. The van der Waals surface area contributed by atoms with E-state index >= 15 is 0 Å². The Morgan fingerprint density at radius 1 is 1.38 bits per heavy atom. The second-order valence-electron chi connectivity index (χ2n) is 3.87. The lowest BCUT2D eigenvalue weighted by Gasteiger charge is -2.11. The molecule has 0 amide bonds. The largest absolute Gasteiger partial charge is 0.492 e. The van der Waals surface area contributed by atoms with Crippen molar-refractivity contribution < 1.29 is 4.74 Å². The molecule has 0 aliphatic rings. The molecule has 0 bridgehead atoms. The molecule has 2 N–H and O–H groups in total. The average molecular weight is 239 g/mol. The predicted octanol–water partition coefficient (Wildman–Crippen LogP) is 2.84. The van der Waals surface area contributed by atoms with Crippen LogP contribution < -0.4 is 10.5 Å². The zero-order valence-corrected chi connectivity index (χ0v) is 10.9. The predicted molar refractivity (Wildman–Crippen MR) is 72.3 cm³/mol. The molecule has 0 saturated heterocycles. The van der Waals surface area contributed by atoms with E-state index in [1.165, 1.54) is 5.56 Å². The molecule has 0 aliphatic carbocycles. The van der Waals surface area contributed by atoms with Crippen LogP contribution in [0.15, 0.2) is 24.3 Å². The van der Waals surface area contributed by atoms with Crippen molar-refractivity contribution in [3.63, 3.8) is 0 Å². The van der Waals surface area contributed by atoms with Crippen molar-refractivity contribution in [2.75, 3.05) is 18.9 Å². The van der Waals surface area contributed by atoms with Crippen LogP contribution in [0.3, 0.4) is 0 Å². The Labute approximate surface area is 103 Å². The summed E-state index contributed by atoms with van der Waals surface area (Å²) in [7, 11) is 0. The van der Waals surface area contributed by atoms with E-state index in [2.05, 4.69) is 19.9 Å². The highest BCUT2D eigenvalue weighted by molar-refractivity contribution is 7.99. The number of thioether (sulfide) groups is 1. The Morgan fingerprint density at radius 3 is 2.81 bits per heavy atom. The van der Waals surface area contributed by atoms with E-state index in [0.29, 0.717) is 5.25 Å². The molecule has 16 heavy (non-hydrogen) atoms. The van der Waals surface area contributed by atoms with Gasteiger partial charge in [-0.3, -0.25) is 0 Å². The highest BCUT2D eigenvalue weighted by atomic mass is 32.2. The van der Waals surface area contributed by atoms with Crippen molar-refractivity contribution >= 4 is 11.8 Å². The summed E-state index contributed by atoms with van der Waals surface area (Å²) in [5.41, 5.74) is 6.70. The fraction of sp³-hybridized carbons (Fsp3) is 0.538. The Hall–Kier alpha value is -0.670. The number of hydrogen-bond acceptors (Lipinski definition) is 3. The van der Waals surface area contributed by atoms with Crippen molar-refractivity contribution in [1.82, 2.24) is 0 Å². The van der Waals surface area contributed by atoms with Gasteiger partial charge in [-0.15, -0.1) is 0 Å². The van der Waals surface area contributed by atoms with Crippen LogP contribution in [-0.2, 0) is 0 Å². The van der Waals surface area contributed by atoms with Gasteiger partial charge in [0.25, 0.3) is 0 Å². The minimum Gasteiger partial charge on any atom is -0.492 e. The average Bonchev–Trinajstić information content (AvgIpc) is 2.27. The lowest BCUT2D eigenvalue weighted by Crippen LogP contribution is -2.10. The van der Waals surface area contributed by atoms with E-state index < -0.39 is 0 Å². The minimum atomic E-state index is 0.630. The summed E-state index contributed by atoms with van der Waals surface area (Å²) in [5.74, 6) is 2.02. The molecule has 0 radical (unpaired) electrons. The zero-order valence-electron chi connectivity index (χ0n) is 10.1. The van der Waals surface area contributed by atoms with E-state index in [1.807, 2.05) is 30.0 Å². The molecule has 1 atom stereocenters. The minimum absolute atomic E-state index is 0.630. The lowest BCUT2D eigenvalue weighted by molar-refractivity contribution is 0.341. The number of rotatable bonds is 7. The van der Waals surface area contributed by atoms with E-state index in [4.69, 9.17) is 10.5 Å². The highest BCUT2D eigenvalue weighted by Gasteiger charge is 2.01. The van der Waals surface area contributed by atoms with Gasteiger partial charge < -0.3 is 10.5 Å². The van der Waals surface area contributed by atoms with Gasteiger partial charge in [-0.2, -0.15) is 11.8 Å². The number of nitrogens with two attached hydrogens (primary N) is 1. The third kappa shape index (κ3) is 4.90. The van der Waals surface area contributed by atoms with E-state index in [1.54, 1.807) is 0 Å². The summed E-state index contributed by atoms with van der Waals surface area (Å²) in [5, 5.41) is 0.630. The van der Waals surface area contributed by atoms with Crippen molar-refractivity contribution in [2.45, 2.75) is 25.5 Å². The van der Waals surface area contributed by atoms with Crippen LogP contribution in [0.25, 0.3) is 0 Å². The summed E-state index contributed by atoms with van der Waals surface area (Å²) >= 11 is 1.92. The molecular formula is C13H21NOS. The van der Waals surface area contributed by atoms with Gasteiger partial charge in [0.2, 0.25) is 0 Å². The molecule has 0 heterocycles. The van der Waals surface area contributed by atoms with Gasteiger partial charge in [0, 0.05) is 11.0 Å². The monoisotopic (exact) mass is 239 g/mol. The van der Waals surface area contributed by atoms with Crippen LogP contribution in [0.5, 0.6) is 5.75 Å². The maximum Gasteiger partial charge on any atom is 0.122 e. The maximum atomic E-state index is 5.71. The quantitative estimate of drug-likeness (QED) is 0.743. The molecule has 0 aromatic heterocycles. The SMILES string of the molecule is Cc1ccccc1OCCSC(C)CCN. The number of benzene rings is 1. The molecule has 0 aliphatic heterocycles. The van der Waals surface area contributed by atoms with Crippen LogP contribution in [0, 0.1) is 6.92 Å². The molecule has 0 saturated carbocycles. The summed E-state index contributed by atoms with van der Waals surface area (Å²) in [6.07, 6.45) is 1.08. The first kappa shape index (κ1) is 13.4. The van der Waals surface area contributed by atoms with E-state index in [-0.39, 0.29) is 0 Å². The van der Waals surface area contributed by atoms with Crippen LogP contribution in [0.2, 0.25) is 0 Å². The fourth-order valence-corrected chi connectivity index (χ4v) is 2.32. The number of aryl methyl sites for hydroxylation is 1. The van der Waals surface area contributed by atoms with Crippen LogP contribution in [0.4, 0.5) is 0 Å². The molecule has 0 spiro atoms. The maximum absolute atomic E-state index is 5.71. The molecule has 3 heteroatoms. The lowest BCUT2D eigenvalue weighted by atomic mass is 10.2. The van der Waals surface area contributed by atoms with Crippen molar-refractivity contribution in [3.05, 3.63) is 29.8 Å². The molecular weight excluding hydrogens is 218 g/mol. The second kappa shape index (κ2) is 7.58. The summed E-state index contributed by atoms with van der Waals surface area (Å²) < 4.78 is 5.71. The van der Waals surface area contributed by atoms with Gasteiger partial charge in [0.05, 0.1) is 6.61 Å². The topological polar surface area (TPSA) is 35.2 Å². The normalized spacial score (nSPS) is 12.4.